The van der Waals surface area contributed by atoms with Crippen LogP contribution in [0.1, 0.15) is 79.7 Å². The summed E-state index contributed by atoms with van der Waals surface area (Å²) in [5.41, 5.74) is 5.36. The number of nitrogens with two attached hydrogens (primary N) is 1. The number of unbranched alkanes of at least 4 members (excludes halogenated alkanes) is 1. The summed E-state index contributed by atoms with van der Waals surface area (Å²) < 4.78 is 3.00. The molecule has 0 unspecified atom stereocenters. The quantitative estimate of drug-likeness (QED) is 0.773. The zero-order valence-corrected chi connectivity index (χ0v) is 19.2. The van der Waals surface area contributed by atoms with E-state index in [0.717, 1.165) is 35.9 Å². The first-order valence-electron chi connectivity index (χ1n) is 10.2. The molecule has 0 saturated heterocycles. The molecule has 7 heteroatoms. The van der Waals surface area contributed by atoms with Crippen LogP contribution in [0.25, 0.3) is 0 Å². The third-order valence-corrected chi connectivity index (χ3v) is 7.79. The number of nitrogens with one attached hydrogen (secondary N) is 1. The maximum absolute atomic E-state index is 13.4. The lowest BCUT2D eigenvalue weighted by Gasteiger charge is -2.39. The van der Waals surface area contributed by atoms with Crippen molar-refractivity contribution in [2.24, 2.45) is 21.6 Å². The van der Waals surface area contributed by atoms with E-state index in [0.29, 0.717) is 6.42 Å². The van der Waals surface area contributed by atoms with Gasteiger partial charge in [0.15, 0.2) is 0 Å². The van der Waals surface area contributed by atoms with Crippen LogP contribution in [0.15, 0.2) is 11.2 Å². The Balaban J connectivity index is 2.42. The Morgan fingerprint density at radius 3 is 2.54 bits per heavy atom. The van der Waals surface area contributed by atoms with Crippen LogP contribution in [0.4, 0.5) is 4.79 Å². The molecule has 0 spiro atoms. The third kappa shape index (κ3) is 4.34. The summed E-state index contributed by atoms with van der Waals surface area (Å²) in [6.07, 6.45) is 6.65. The van der Waals surface area contributed by atoms with Gasteiger partial charge < -0.3 is 11.1 Å². The Hall–Kier alpha value is -1.63. The number of urea groups is 1. The average molecular weight is 409 g/mol. The van der Waals surface area contributed by atoms with Gasteiger partial charge in [0.2, 0.25) is 0 Å². The SMILES string of the molecule is CCCCc1cn(C(C)(C)C)s/c1=N\C(=O)[C@]1(C)CC[C@H](NC(N)=O)C1(C)C. The van der Waals surface area contributed by atoms with Crippen LogP contribution < -0.4 is 15.7 Å². The van der Waals surface area contributed by atoms with Crippen molar-refractivity contribution in [3.63, 3.8) is 0 Å². The first-order valence-corrected chi connectivity index (χ1v) is 11.0. The molecule has 1 aliphatic rings. The summed E-state index contributed by atoms with van der Waals surface area (Å²) in [4.78, 5) is 29.3. The second-order valence-corrected chi connectivity index (χ2v) is 10.7. The Morgan fingerprint density at radius 1 is 1.36 bits per heavy atom. The van der Waals surface area contributed by atoms with E-state index in [9.17, 15) is 9.59 Å². The van der Waals surface area contributed by atoms with Gasteiger partial charge in [-0.05, 0) is 63.4 Å². The third-order valence-electron chi connectivity index (χ3n) is 6.41. The van der Waals surface area contributed by atoms with Crippen LogP contribution in [0.2, 0.25) is 0 Å². The summed E-state index contributed by atoms with van der Waals surface area (Å²) in [5.74, 6) is -0.105. The van der Waals surface area contributed by atoms with Gasteiger partial charge in [0.25, 0.3) is 5.91 Å². The Kier molecular flexibility index (Phi) is 6.48. The van der Waals surface area contributed by atoms with Crippen molar-refractivity contribution >= 4 is 23.5 Å². The molecular formula is C21H36N4O2S. The van der Waals surface area contributed by atoms with Crippen LogP contribution >= 0.6 is 11.5 Å². The molecule has 0 bridgehead atoms. The molecule has 158 valence electrons. The molecule has 6 nitrogen and oxygen atoms in total. The molecule has 3 amide bonds. The van der Waals surface area contributed by atoms with Crippen molar-refractivity contribution in [1.29, 1.82) is 0 Å². The number of carbonyl (C=O) groups excluding carboxylic acids is 2. The number of aryl methyl sites for hydroxylation is 1. The van der Waals surface area contributed by atoms with Crippen molar-refractivity contribution in [3.05, 3.63) is 16.4 Å². The predicted octanol–water partition coefficient (Wildman–Crippen LogP) is 3.94. The van der Waals surface area contributed by atoms with Crippen molar-refractivity contribution in [2.75, 3.05) is 0 Å². The minimum atomic E-state index is -0.640. The highest BCUT2D eigenvalue weighted by molar-refractivity contribution is 7.04. The average Bonchev–Trinajstić information content (AvgIpc) is 3.07. The lowest BCUT2D eigenvalue weighted by molar-refractivity contribution is -0.131. The minimum Gasteiger partial charge on any atom is -0.352 e. The Bertz CT molecular complexity index is 800. The van der Waals surface area contributed by atoms with Crippen LogP contribution in [-0.2, 0) is 16.8 Å². The molecule has 1 aromatic heterocycles. The van der Waals surface area contributed by atoms with E-state index in [1.165, 1.54) is 0 Å². The summed E-state index contributed by atoms with van der Waals surface area (Å²) >= 11 is 1.55. The Morgan fingerprint density at radius 2 is 2.00 bits per heavy atom. The number of nitrogens with zero attached hydrogens (tertiary/aromatic N) is 2. The standard InChI is InChI=1S/C21H36N4O2S/c1-8-9-10-14-13-25(19(2,3)4)28-16(14)24-17(26)21(7)12-11-15(20(21,5)6)23-18(22)27/h13,15H,8-12H2,1-7H3,(H3,22,23,27)/b24-16-/t15-,21-/m0/s1. The van der Waals surface area contributed by atoms with Gasteiger partial charge in [-0.25, -0.2) is 9.79 Å². The number of aromatic nitrogens is 1. The fourth-order valence-corrected chi connectivity index (χ4v) is 4.90. The molecule has 2 rings (SSSR count). The molecule has 2 atom stereocenters. The van der Waals surface area contributed by atoms with Gasteiger partial charge in [0.1, 0.15) is 4.67 Å². The summed E-state index contributed by atoms with van der Waals surface area (Å²) in [6.45, 7) is 14.6. The van der Waals surface area contributed by atoms with Crippen LogP contribution in [0.5, 0.6) is 0 Å². The molecular weight excluding hydrogens is 372 g/mol. The molecule has 1 aromatic rings. The second-order valence-electron chi connectivity index (χ2n) is 9.72. The number of rotatable bonds is 5. The number of hydrogen-bond donors (Lipinski definition) is 2. The van der Waals surface area contributed by atoms with Gasteiger partial charge in [-0.1, -0.05) is 34.1 Å². The first kappa shape index (κ1) is 22.7. The fourth-order valence-electron chi connectivity index (χ4n) is 3.86. The smallest absolute Gasteiger partial charge is 0.312 e. The number of hydrogen-bond acceptors (Lipinski definition) is 3. The van der Waals surface area contributed by atoms with Crippen molar-refractivity contribution in [1.82, 2.24) is 9.27 Å². The topological polar surface area (TPSA) is 89.5 Å². The molecule has 28 heavy (non-hydrogen) atoms. The first-order chi connectivity index (χ1) is 12.8. The van der Waals surface area contributed by atoms with Crippen LogP contribution in [-0.4, -0.2) is 21.9 Å². The molecule has 0 aromatic carbocycles. The van der Waals surface area contributed by atoms with Gasteiger partial charge in [-0.3, -0.25) is 8.75 Å². The molecule has 1 fully saturated rings. The number of primary amides is 1. The highest BCUT2D eigenvalue weighted by Crippen LogP contribution is 2.53. The van der Waals surface area contributed by atoms with Gasteiger partial charge in [0, 0.05) is 23.3 Å². The van der Waals surface area contributed by atoms with E-state index in [-0.39, 0.29) is 17.5 Å². The molecule has 1 saturated carbocycles. The van der Waals surface area contributed by atoms with E-state index < -0.39 is 16.9 Å². The maximum atomic E-state index is 13.4. The fraction of sp³-hybridized carbons (Fsp3) is 0.762. The van der Waals surface area contributed by atoms with E-state index in [2.05, 4.69) is 48.2 Å². The molecule has 3 N–H and O–H groups in total. The highest BCUT2D eigenvalue weighted by atomic mass is 32.1. The van der Waals surface area contributed by atoms with Gasteiger partial charge >= 0.3 is 6.03 Å². The van der Waals surface area contributed by atoms with Crippen molar-refractivity contribution in [2.45, 2.75) is 92.2 Å². The second kappa shape index (κ2) is 8.01. The van der Waals surface area contributed by atoms with Crippen molar-refractivity contribution in [3.8, 4) is 0 Å². The zero-order chi connectivity index (χ0) is 21.3. The highest BCUT2D eigenvalue weighted by Gasteiger charge is 2.56. The Labute approximate surface area is 172 Å². The predicted molar refractivity (Wildman–Crippen MR) is 114 cm³/mol. The minimum absolute atomic E-state index is 0.0461. The lowest BCUT2D eigenvalue weighted by atomic mass is 9.67. The lowest BCUT2D eigenvalue weighted by Crippen LogP contribution is -2.50. The van der Waals surface area contributed by atoms with Gasteiger partial charge in [-0.15, -0.1) is 0 Å². The van der Waals surface area contributed by atoms with E-state index in [1.807, 2.05) is 20.8 Å². The summed E-state index contributed by atoms with van der Waals surface area (Å²) in [6, 6.07) is -0.672. The molecule has 1 aliphatic carbocycles. The van der Waals surface area contributed by atoms with E-state index >= 15 is 0 Å². The summed E-state index contributed by atoms with van der Waals surface area (Å²) in [5, 5.41) is 2.81. The monoisotopic (exact) mass is 408 g/mol. The zero-order valence-electron chi connectivity index (χ0n) is 18.4. The van der Waals surface area contributed by atoms with Crippen molar-refractivity contribution < 1.29 is 9.59 Å². The largest absolute Gasteiger partial charge is 0.352 e. The number of amides is 3. The summed E-state index contributed by atoms with van der Waals surface area (Å²) in [7, 11) is 0. The van der Waals surface area contributed by atoms with Gasteiger partial charge in [-0.2, -0.15) is 0 Å². The van der Waals surface area contributed by atoms with E-state index in [4.69, 9.17) is 5.73 Å². The molecule has 0 aliphatic heterocycles. The molecule has 1 heterocycles. The maximum Gasteiger partial charge on any atom is 0.312 e. The van der Waals surface area contributed by atoms with E-state index in [1.54, 1.807) is 11.5 Å². The molecule has 0 radical (unpaired) electrons. The van der Waals surface area contributed by atoms with Crippen LogP contribution in [0, 0.1) is 10.8 Å². The normalized spacial score (nSPS) is 25.1. The van der Waals surface area contributed by atoms with Gasteiger partial charge in [0.05, 0.1) is 5.41 Å². The van der Waals surface area contributed by atoms with Crippen LogP contribution in [0.3, 0.4) is 0 Å². The number of carbonyl (C=O) groups is 2.